The van der Waals surface area contributed by atoms with Crippen LogP contribution in [0.4, 0.5) is 17.6 Å². The molecular formula is C23H14F4O3P+. The number of hydrogen-bond donors (Lipinski definition) is 0. The molecule has 0 saturated carbocycles. The molecule has 4 rings (SSSR count). The SMILES string of the molecule is C[P+](c1ccccc1)(c1ccccc1)C1C(=O)C(=O)c2c(F)c(F)c(F)c(F)c2C1=O. The van der Waals surface area contributed by atoms with E-state index in [1.54, 1.807) is 67.3 Å². The summed E-state index contributed by atoms with van der Waals surface area (Å²) in [6.07, 6.45) is 0. The minimum atomic E-state index is -3.04. The average Bonchev–Trinajstić information content (AvgIpc) is 2.79. The maximum absolute atomic E-state index is 14.6. The van der Waals surface area contributed by atoms with E-state index < -0.39 is 64.7 Å². The highest BCUT2D eigenvalue weighted by Crippen LogP contribution is 2.59. The number of benzene rings is 3. The molecule has 0 saturated heterocycles. The summed E-state index contributed by atoms with van der Waals surface area (Å²) in [6, 6.07) is 16.8. The van der Waals surface area contributed by atoms with Crippen LogP contribution in [-0.4, -0.2) is 29.7 Å². The zero-order valence-corrected chi connectivity index (χ0v) is 16.9. The van der Waals surface area contributed by atoms with Crippen LogP contribution >= 0.6 is 7.26 Å². The molecule has 31 heavy (non-hydrogen) atoms. The summed E-state index contributed by atoms with van der Waals surface area (Å²) in [5.74, 6) is -12.5. The zero-order chi connectivity index (χ0) is 22.5. The summed E-state index contributed by atoms with van der Waals surface area (Å²) < 4.78 is 56.5. The summed E-state index contributed by atoms with van der Waals surface area (Å²) in [6.45, 7) is 1.63. The summed E-state index contributed by atoms with van der Waals surface area (Å²) in [5, 5.41) is 1.13. The second-order valence-electron chi connectivity index (χ2n) is 7.21. The van der Waals surface area contributed by atoms with Crippen LogP contribution in [0.25, 0.3) is 0 Å². The lowest BCUT2D eigenvalue weighted by atomic mass is 9.87. The number of rotatable bonds is 3. The van der Waals surface area contributed by atoms with Crippen molar-refractivity contribution in [3.05, 3.63) is 95.1 Å². The molecule has 1 aliphatic rings. The van der Waals surface area contributed by atoms with Crippen LogP contribution in [0, 0.1) is 23.3 Å². The quantitative estimate of drug-likeness (QED) is 0.154. The van der Waals surface area contributed by atoms with Gasteiger partial charge in [0.25, 0.3) is 5.78 Å². The van der Waals surface area contributed by atoms with Crippen molar-refractivity contribution < 1.29 is 31.9 Å². The Morgan fingerprint density at radius 2 is 1.03 bits per heavy atom. The molecule has 3 nitrogen and oxygen atoms in total. The standard InChI is InChI=1S/C23H14F4O3P/c1-31(12-8-4-2-5-9-12,13-10-6-3-7-11-13)23-21(29)15-14(20(28)22(23)30)16(24)18(26)19(27)17(15)25/h2-11,23H,1H3/q+1. The van der Waals surface area contributed by atoms with E-state index in [1.807, 2.05) is 0 Å². The maximum atomic E-state index is 14.6. The predicted molar refractivity (Wildman–Crippen MR) is 109 cm³/mol. The number of hydrogen-bond acceptors (Lipinski definition) is 3. The smallest absolute Gasteiger partial charge is 0.252 e. The Morgan fingerprint density at radius 3 is 1.48 bits per heavy atom. The number of ketones is 3. The molecule has 1 aliphatic carbocycles. The van der Waals surface area contributed by atoms with Crippen molar-refractivity contribution in [2.75, 3.05) is 6.66 Å². The molecule has 0 aliphatic heterocycles. The fourth-order valence-corrected chi connectivity index (χ4v) is 7.63. The second kappa shape index (κ2) is 7.50. The Hall–Kier alpha value is -3.18. The lowest BCUT2D eigenvalue weighted by Crippen LogP contribution is -2.48. The van der Waals surface area contributed by atoms with Crippen LogP contribution in [-0.2, 0) is 4.79 Å². The van der Waals surface area contributed by atoms with Gasteiger partial charge in [-0.05, 0) is 24.3 Å². The van der Waals surface area contributed by atoms with Crippen molar-refractivity contribution in [1.82, 2.24) is 0 Å². The van der Waals surface area contributed by atoms with Gasteiger partial charge in [0.05, 0.1) is 25.1 Å². The topological polar surface area (TPSA) is 51.2 Å². The second-order valence-corrected chi connectivity index (χ2v) is 10.9. The average molecular weight is 445 g/mol. The molecule has 0 spiro atoms. The van der Waals surface area contributed by atoms with Crippen LogP contribution in [0.5, 0.6) is 0 Å². The number of fused-ring (bicyclic) bond motifs is 1. The van der Waals surface area contributed by atoms with Crippen molar-refractivity contribution >= 4 is 35.2 Å². The van der Waals surface area contributed by atoms with Crippen LogP contribution in [0.15, 0.2) is 60.7 Å². The van der Waals surface area contributed by atoms with Gasteiger partial charge in [0.1, 0.15) is 10.6 Å². The molecule has 0 N–H and O–H groups in total. The van der Waals surface area contributed by atoms with Crippen molar-refractivity contribution in [3.8, 4) is 0 Å². The summed E-state index contributed by atoms with van der Waals surface area (Å²) >= 11 is 0. The molecule has 0 aromatic heterocycles. The Bertz CT molecular complexity index is 1200. The number of Topliss-reactive ketones (excluding diaryl/α,β-unsaturated/α-hetero) is 3. The molecule has 8 heteroatoms. The van der Waals surface area contributed by atoms with Gasteiger partial charge in [-0.2, -0.15) is 0 Å². The Morgan fingerprint density at radius 1 is 0.613 bits per heavy atom. The third kappa shape index (κ3) is 2.95. The number of carbonyl (C=O) groups excluding carboxylic acids is 3. The summed E-state index contributed by atoms with van der Waals surface area (Å²) in [7, 11) is -3.04. The molecule has 0 radical (unpaired) electrons. The third-order valence-corrected chi connectivity index (χ3v) is 9.81. The Labute approximate surface area is 175 Å². The van der Waals surface area contributed by atoms with Gasteiger partial charge in [-0.25, -0.2) is 17.6 Å². The summed E-state index contributed by atoms with van der Waals surface area (Å²) in [5.41, 5.74) is -4.27. The molecule has 0 bridgehead atoms. The van der Waals surface area contributed by atoms with Crippen molar-refractivity contribution in [3.63, 3.8) is 0 Å². The molecular weight excluding hydrogens is 431 g/mol. The van der Waals surface area contributed by atoms with Crippen molar-refractivity contribution in [2.24, 2.45) is 0 Å². The molecule has 156 valence electrons. The van der Waals surface area contributed by atoms with Gasteiger partial charge in [-0.1, -0.05) is 36.4 Å². The van der Waals surface area contributed by atoms with E-state index in [0.717, 1.165) is 0 Å². The molecule has 0 heterocycles. The van der Waals surface area contributed by atoms with Gasteiger partial charge in [0, 0.05) is 0 Å². The largest absolute Gasteiger partial charge is 0.289 e. The predicted octanol–water partition coefficient (Wildman–Crippen LogP) is 3.86. The molecule has 0 fully saturated rings. The van der Waals surface area contributed by atoms with Crippen molar-refractivity contribution in [2.45, 2.75) is 5.66 Å². The van der Waals surface area contributed by atoms with Crippen LogP contribution in [0.3, 0.4) is 0 Å². The number of carbonyl (C=O) groups is 3. The van der Waals surface area contributed by atoms with Crippen molar-refractivity contribution in [1.29, 1.82) is 0 Å². The van der Waals surface area contributed by atoms with E-state index in [-0.39, 0.29) is 0 Å². The lowest BCUT2D eigenvalue weighted by Gasteiger charge is -2.32. The van der Waals surface area contributed by atoms with E-state index in [0.29, 0.717) is 10.6 Å². The fourth-order valence-electron chi connectivity index (χ4n) is 3.97. The third-order valence-electron chi connectivity index (χ3n) is 5.56. The highest BCUT2D eigenvalue weighted by Gasteiger charge is 2.60. The Kier molecular flexibility index (Phi) is 5.10. The highest BCUT2D eigenvalue weighted by atomic mass is 31.2. The summed E-state index contributed by atoms with van der Waals surface area (Å²) in [4.78, 5) is 39.2. The van der Waals surface area contributed by atoms with Gasteiger partial charge in [-0.3, -0.25) is 14.4 Å². The van der Waals surface area contributed by atoms with Gasteiger partial charge in [-0.15, -0.1) is 0 Å². The zero-order valence-electron chi connectivity index (χ0n) is 16.0. The van der Waals surface area contributed by atoms with E-state index in [9.17, 15) is 31.9 Å². The molecule has 1 unspecified atom stereocenters. The first kappa shape index (κ1) is 21.1. The minimum Gasteiger partial charge on any atom is -0.289 e. The number of halogens is 4. The first-order chi connectivity index (χ1) is 14.7. The van der Waals surface area contributed by atoms with E-state index in [2.05, 4.69) is 0 Å². The first-order valence-electron chi connectivity index (χ1n) is 9.17. The fraction of sp³-hybridized carbons (Fsp3) is 0.0870. The van der Waals surface area contributed by atoms with E-state index >= 15 is 0 Å². The van der Waals surface area contributed by atoms with Gasteiger partial charge in [0.2, 0.25) is 17.2 Å². The lowest BCUT2D eigenvalue weighted by molar-refractivity contribution is -0.114. The van der Waals surface area contributed by atoms with Gasteiger partial charge in [0.15, 0.2) is 23.3 Å². The molecule has 0 amide bonds. The van der Waals surface area contributed by atoms with E-state index in [4.69, 9.17) is 0 Å². The Balaban J connectivity index is 2.05. The van der Waals surface area contributed by atoms with Crippen LogP contribution < -0.4 is 10.6 Å². The highest BCUT2D eigenvalue weighted by molar-refractivity contribution is 7.91. The first-order valence-corrected chi connectivity index (χ1v) is 11.5. The van der Waals surface area contributed by atoms with Crippen LogP contribution in [0.1, 0.15) is 20.7 Å². The molecule has 3 aromatic rings. The monoisotopic (exact) mass is 445 g/mol. The van der Waals surface area contributed by atoms with E-state index in [1.165, 1.54) is 0 Å². The van der Waals surface area contributed by atoms with Crippen LogP contribution in [0.2, 0.25) is 0 Å². The van der Waals surface area contributed by atoms with Gasteiger partial charge >= 0.3 is 0 Å². The normalized spacial score (nSPS) is 16.4. The minimum absolute atomic E-state index is 0.563. The van der Waals surface area contributed by atoms with Gasteiger partial charge < -0.3 is 0 Å². The maximum Gasteiger partial charge on any atom is 0.252 e. The molecule has 1 atom stereocenters. The molecule has 3 aromatic carbocycles.